The number of nitrogens with one attached hydrogen (secondary N) is 1. The molecule has 0 saturated heterocycles. The van der Waals surface area contributed by atoms with E-state index in [1.165, 1.54) is 22.7 Å². The largest absolute Gasteiger partial charge is 0.482 e. The molecule has 8 nitrogen and oxygen atoms in total. The van der Waals surface area contributed by atoms with Crippen molar-refractivity contribution < 1.29 is 23.9 Å². The molecular weight excluding hydrogens is 418 g/mol. The van der Waals surface area contributed by atoms with E-state index < -0.39 is 5.97 Å². The predicted octanol–water partition coefficient (Wildman–Crippen LogP) is 3.62. The van der Waals surface area contributed by atoms with Gasteiger partial charge in [0.15, 0.2) is 11.7 Å². The Morgan fingerprint density at radius 1 is 1.29 bits per heavy atom. The number of aromatic nitrogens is 1. The lowest BCUT2D eigenvalue weighted by molar-refractivity contribution is -0.142. The Kier molecular flexibility index (Phi) is 6.50. The molecule has 1 fully saturated rings. The smallest absolute Gasteiger partial charge is 0.326 e. The van der Waals surface area contributed by atoms with Crippen LogP contribution in [0.1, 0.15) is 39.0 Å². The molecule has 31 heavy (non-hydrogen) atoms. The molecule has 2 heterocycles. The number of anilines is 2. The standard InChI is InChI=1S/C22H25N3O5S/c1-2-29-20(27)11-25-17-10-15(8-9-18(17)30-12-19(25)26)16-13-31-22(23-16)24-21(28)14-6-4-3-5-7-14/h8-10,13-14H,2-7,11-12H2,1H3,(H,23,24,28). The van der Waals surface area contributed by atoms with Gasteiger partial charge in [-0.05, 0) is 38.0 Å². The van der Waals surface area contributed by atoms with Crippen molar-refractivity contribution in [3.63, 3.8) is 0 Å². The highest BCUT2D eigenvalue weighted by molar-refractivity contribution is 7.14. The quantitative estimate of drug-likeness (QED) is 0.685. The van der Waals surface area contributed by atoms with Gasteiger partial charge in [-0.2, -0.15) is 0 Å². The minimum Gasteiger partial charge on any atom is -0.482 e. The van der Waals surface area contributed by atoms with Crippen molar-refractivity contribution in [2.75, 3.05) is 30.0 Å². The highest BCUT2D eigenvalue weighted by Gasteiger charge is 2.28. The SMILES string of the molecule is CCOC(=O)CN1C(=O)COc2ccc(-c3csc(NC(=O)C4CCCCC4)n3)cc21. The zero-order valence-corrected chi connectivity index (χ0v) is 18.2. The summed E-state index contributed by atoms with van der Waals surface area (Å²) in [4.78, 5) is 42.7. The van der Waals surface area contributed by atoms with Crippen LogP contribution in [-0.4, -0.2) is 42.5 Å². The number of carbonyl (C=O) groups excluding carboxylic acids is 3. The first-order valence-corrected chi connectivity index (χ1v) is 11.4. The molecule has 2 aliphatic rings. The summed E-state index contributed by atoms with van der Waals surface area (Å²) in [5.41, 5.74) is 1.95. The van der Waals surface area contributed by atoms with E-state index in [1.807, 2.05) is 11.4 Å². The molecule has 0 radical (unpaired) electrons. The Labute approximate surface area is 184 Å². The second-order valence-electron chi connectivity index (χ2n) is 7.62. The fraction of sp³-hybridized carbons (Fsp3) is 0.455. The molecule has 1 saturated carbocycles. The highest BCUT2D eigenvalue weighted by Crippen LogP contribution is 2.37. The number of rotatable bonds is 6. The summed E-state index contributed by atoms with van der Waals surface area (Å²) in [5, 5.41) is 5.35. The third-order valence-electron chi connectivity index (χ3n) is 5.50. The van der Waals surface area contributed by atoms with Crippen molar-refractivity contribution in [2.45, 2.75) is 39.0 Å². The van der Waals surface area contributed by atoms with Gasteiger partial charge in [-0.1, -0.05) is 19.3 Å². The summed E-state index contributed by atoms with van der Waals surface area (Å²) < 4.78 is 10.5. The van der Waals surface area contributed by atoms with Crippen LogP contribution in [-0.2, 0) is 19.1 Å². The monoisotopic (exact) mass is 443 g/mol. The molecule has 1 aromatic carbocycles. The van der Waals surface area contributed by atoms with Crippen LogP contribution >= 0.6 is 11.3 Å². The van der Waals surface area contributed by atoms with E-state index in [0.29, 0.717) is 22.3 Å². The van der Waals surface area contributed by atoms with E-state index in [-0.39, 0.29) is 37.5 Å². The number of fused-ring (bicyclic) bond motifs is 1. The third kappa shape index (κ3) is 4.87. The van der Waals surface area contributed by atoms with E-state index in [0.717, 1.165) is 31.2 Å². The van der Waals surface area contributed by atoms with Gasteiger partial charge >= 0.3 is 5.97 Å². The van der Waals surface area contributed by atoms with Gasteiger partial charge < -0.3 is 14.8 Å². The van der Waals surface area contributed by atoms with Crippen molar-refractivity contribution in [3.05, 3.63) is 23.6 Å². The van der Waals surface area contributed by atoms with Crippen molar-refractivity contribution in [3.8, 4) is 17.0 Å². The first kappa shape index (κ1) is 21.3. The number of hydrogen-bond acceptors (Lipinski definition) is 7. The molecule has 0 spiro atoms. The average Bonchev–Trinajstić information content (AvgIpc) is 3.24. The van der Waals surface area contributed by atoms with Crippen LogP contribution in [0, 0.1) is 5.92 Å². The molecule has 1 aromatic heterocycles. The molecule has 0 unspecified atom stereocenters. The maximum atomic E-state index is 12.5. The van der Waals surface area contributed by atoms with Crippen LogP contribution in [0.2, 0.25) is 0 Å². The number of esters is 1. The molecule has 2 aromatic rings. The number of benzene rings is 1. The molecule has 164 valence electrons. The summed E-state index contributed by atoms with van der Waals surface area (Å²) in [6, 6.07) is 5.38. The van der Waals surface area contributed by atoms with Crippen LogP contribution in [0.25, 0.3) is 11.3 Å². The zero-order chi connectivity index (χ0) is 21.8. The number of carbonyl (C=O) groups is 3. The summed E-state index contributed by atoms with van der Waals surface area (Å²) in [7, 11) is 0. The highest BCUT2D eigenvalue weighted by atomic mass is 32.1. The second-order valence-corrected chi connectivity index (χ2v) is 8.48. The fourth-order valence-corrected chi connectivity index (χ4v) is 4.63. The Bertz CT molecular complexity index is 983. The topological polar surface area (TPSA) is 97.8 Å². The molecule has 9 heteroatoms. The van der Waals surface area contributed by atoms with Gasteiger partial charge in [0, 0.05) is 16.9 Å². The van der Waals surface area contributed by atoms with Gasteiger partial charge in [0.2, 0.25) is 5.91 Å². The maximum absolute atomic E-state index is 12.5. The third-order valence-corrected chi connectivity index (χ3v) is 6.26. The molecule has 1 aliphatic carbocycles. The van der Waals surface area contributed by atoms with Gasteiger partial charge in [0.25, 0.3) is 5.91 Å². The van der Waals surface area contributed by atoms with Crippen LogP contribution in [0.4, 0.5) is 10.8 Å². The Balaban J connectivity index is 1.52. The van der Waals surface area contributed by atoms with Crippen molar-refractivity contribution >= 4 is 39.9 Å². The number of nitrogens with zero attached hydrogens (tertiary/aromatic N) is 2. The lowest BCUT2D eigenvalue weighted by Crippen LogP contribution is -2.42. The summed E-state index contributed by atoms with van der Waals surface area (Å²) in [6.45, 7) is 1.67. The summed E-state index contributed by atoms with van der Waals surface area (Å²) in [6.07, 6.45) is 5.25. The van der Waals surface area contributed by atoms with E-state index >= 15 is 0 Å². The van der Waals surface area contributed by atoms with Crippen LogP contribution < -0.4 is 15.0 Å². The van der Waals surface area contributed by atoms with Crippen molar-refractivity contribution in [1.82, 2.24) is 4.98 Å². The van der Waals surface area contributed by atoms with E-state index in [1.54, 1.807) is 19.1 Å². The minimum absolute atomic E-state index is 0.0330. The lowest BCUT2D eigenvalue weighted by atomic mass is 9.89. The summed E-state index contributed by atoms with van der Waals surface area (Å²) >= 11 is 1.36. The van der Waals surface area contributed by atoms with Gasteiger partial charge in [-0.3, -0.25) is 19.3 Å². The van der Waals surface area contributed by atoms with E-state index in [9.17, 15) is 14.4 Å². The molecule has 1 N–H and O–H groups in total. The second kappa shape index (κ2) is 9.47. The average molecular weight is 444 g/mol. The van der Waals surface area contributed by atoms with Crippen LogP contribution in [0.15, 0.2) is 23.6 Å². The lowest BCUT2D eigenvalue weighted by Gasteiger charge is -2.28. The van der Waals surface area contributed by atoms with Crippen LogP contribution in [0.3, 0.4) is 0 Å². The summed E-state index contributed by atoms with van der Waals surface area (Å²) in [5.74, 6) is -0.171. The molecule has 4 rings (SSSR count). The van der Waals surface area contributed by atoms with Crippen LogP contribution in [0.5, 0.6) is 5.75 Å². The Morgan fingerprint density at radius 3 is 2.87 bits per heavy atom. The predicted molar refractivity (Wildman–Crippen MR) is 117 cm³/mol. The number of thiazole rings is 1. The van der Waals surface area contributed by atoms with Crippen molar-refractivity contribution in [1.29, 1.82) is 0 Å². The van der Waals surface area contributed by atoms with Gasteiger partial charge in [-0.25, -0.2) is 4.98 Å². The molecule has 2 amide bonds. The van der Waals surface area contributed by atoms with Crippen molar-refractivity contribution in [2.24, 2.45) is 5.92 Å². The minimum atomic E-state index is -0.476. The molecule has 1 aliphatic heterocycles. The number of amides is 2. The number of hydrogen-bond donors (Lipinski definition) is 1. The first-order valence-electron chi connectivity index (χ1n) is 10.5. The van der Waals surface area contributed by atoms with Gasteiger partial charge in [0.1, 0.15) is 12.3 Å². The molecule has 0 atom stereocenters. The normalized spacial score (nSPS) is 16.4. The molecule has 0 bridgehead atoms. The fourth-order valence-electron chi connectivity index (χ4n) is 3.91. The van der Waals surface area contributed by atoms with E-state index in [4.69, 9.17) is 9.47 Å². The van der Waals surface area contributed by atoms with E-state index in [2.05, 4.69) is 10.3 Å². The number of ether oxygens (including phenoxy) is 2. The van der Waals surface area contributed by atoms with Gasteiger partial charge in [0.05, 0.1) is 18.0 Å². The Hall–Kier alpha value is -2.94. The maximum Gasteiger partial charge on any atom is 0.326 e. The van der Waals surface area contributed by atoms with Gasteiger partial charge in [-0.15, -0.1) is 11.3 Å². The zero-order valence-electron chi connectivity index (χ0n) is 17.4. The first-order chi connectivity index (χ1) is 15.0. The molecular formula is C22H25N3O5S. The Morgan fingerprint density at radius 2 is 2.10 bits per heavy atom.